The van der Waals surface area contributed by atoms with Crippen molar-refractivity contribution in [3.05, 3.63) is 64.7 Å². The van der Waals surface area contributed by atoms with Crippen molar-refractivity contribution in [2.75, 3.05) is 20.1 Å². The Morgan fingerprint density at radius 2 is 1.84 bits per heavy atom. The minimum absolute atomic E-state index is 0.0182. The van der Waals surface area contributed by atoms with Gasteiger partial charge >= 0.3 is 12.1 Å². The number of pyridine rings is 1. The molecule has 0 radical (unpaired) electrons. The molecular weight excluding hydrogens is 418 g/mol. The second-order valence-electron chi connectivity index (χ2n) is 8.05. The molecular formula is C22H22F2N6O2. The van der Waals surface area contributed by atoms with Gasteiger partial charge < -0.3 is 9.32 Å². The van der Waals surface area contributed by atoms with Crippen LogP contribution in [0.5, 0.6) is 0 Å². The average Bonchev–Trinajstić information content (AvgIpc) is 3.40. The Morgan fingerprint density at radius 1 is 1.09 bits per heavy atom. The molecule has 0 bridgehead atoms. The van der Waals surface area contributed by atoms with E-state index >= 15 is 0 Å². The molecule has 8 nitrogen and oxygen atoms in total. The first-order valence-corrected chi connectivity index (χ1v) is 10.5. The van der Waals surface area contributed by atoms with Crippen LogP contribution in [0.1, 0.15) is 36.9 Å². The number of fused-ring (bicyclic) bond motifs is 1. The zero-order chi connectivity index (χ0) is 22.2. The summed E-state index contributed by atoms with van der Waals surface area (Å²) in [7, 11) is 2.10. The summed E-state index contributed by atoms with van der Waals surface area (Å²) < 4.78 is 34.0. The van der Waals surface area contributed by atoms with Crippen LogP contribution in [0.4, 0.5) is 8.78 Å². The standard InChI is InChI=1S/C22H22F2N6O2/c1-28-10-8-16(9-11-28)30-18-5-3-2-4-17(18)29(22(30)31)13-15-7-6-14(12-25-15)20-26-27-21(32-20)19(23)24/h2-7,12,16,19H,8-11,13H2,1H3. The maximum absolute atomic E-state index is 13.4. The number of hydrogen-bond acceptors (Lipinski definition) is 6. The molecule has 166 valence electrons. The lowest BCUT2D eigenvalue weighted by Crippen LogP contribution is -2.36. The summed E-state index contributed by atoms with van der Waals surface area (Å²) in [5.74, 6) is -0.743. The van der Waals surface area contributed by atoms with Crippen molar-refractivity contribution in [3.8, 4) is 11.5 Å². The molecule has 1 fully saturated rings. The minimum atomic E-state index is -2.82. The number of halogens is 2. The normalized spacial score (nSPS) is 15.8. The predicted octanol–water partition coefficient (Wildman–Crippen LogP) is 3.50. The molecule has 0 spiro atoms. The number of imidazole rings is 1. The van der Waals surface area contributed by atoms with Crippen LogP contribution < -0.4 is 5.69 Å². The third-order valence-corrected chi connectivity index (χ3v) is 5.94. The zero-order valence-corrected chi connectivity index (χ0v) is 17.5. The number of rotatable bonds is 5. The maximum Gasteiger partial charge on any atom is 0.329 e. The van der Waals surface area contributed by atoms with Gasteiger partial charge in [0.2, 0.25) is 5.89 Å². The fourth-order valence-electron chi connectivity index (χ4n) is 4.24. The number of likely N-dealkylation sites (tertiary alicyclic amines) is 1. The van der Waals surface area contributed by atoms with Gasteiger partial charge in [-0.1, -0.05) is 12.1 Å². The average molecular weight is 440 g/mol. The molecule has 0 saturated carbocycles. The van der Waals surface area contributed by atoms with E-state index < -0.39 is 12.3 Å². The number of nitrogens with zero attached hydrogens (tertiary/aromatic N) is 6. The van der Waals surface area contributed by atoms with Gasteiger partial charge in [-0.15, -0.1) is 10.2 Å². The number of piperidine rings is 1. The molecule has 4 aromatic rings. The van der Waals surface area contributed by atoms with Crippen LogP contribution in [0.15, 0.2) is 51.8 Å². The molecule has 0 N–H and O–H groups in total. The van der Waals surface area contributed by atoms with Crippen molar-refractivity contribution in [2.24, 2.45) is 0 Å². The highest BCUT2D eigenvalue weighted by atomic mass is 19.3. The molecule has 0 unspecified atom stereocenters. The van der Waals surface area contributed by atoms with Crippen LogP contribution in [0.2, 0.25) is 0 Å². The fraction of sp³-hybridized carbons (Fsp3) is 0.364. The number of benzene rings is 1. The van der Waals surface area contributed by atoms with E-state index in [2.05, 4.69) is 27.1 Å². The Labute approximate surface area is 182 Å². The number of hydrogen-bond donors (Lipinski definition) is 0. The Bertz CT molecular complexity index is 1290. The molecule has 3 aromatic heterocycles. The molecule has 10 heteroatoms. The molecule has 5 rings (SSSR count). The van der Waals surface area contributed by atoms with Crippen LogP contribution in [-0.4, -0.2) is 49.4 Å². The summed E-state index contributed by atoms with van der Waals surface area (Å²) in [4.78, 5) is 20.1. The van der Waals surface area contributed by atoms with Gasteiger partial charge in [0, 0.05) is 12.2 Å². The zero-order valence-electron chi connectivity index (χ0n) is 17.5. The van der Waals surface area contributed by atoms with E-state index in [0.717, 1.165) is 37.0 Å². The smallest absolute Gasteiger partial charge is 0.329 e. The molecule has 32 heavy (non-hydrogen) atoms. The summed E-state index contributed by atoms with van der Waals surface area (Å²) >= 11 is 0. The van der Waals surface area contributed by atoms with E-state index in [0.29, 0.717) is 17.8 Å². The van der Waals surface area contributed by atoms with Crippen LogP contribution in [-0.2, 0) is 6.54 Å². The van der Waals surface area contributed by atoms with Crippen molar-refractivity contribution >= 4 is 11.0 Å². The lowest BCUT2D eigenvalue weighted by molar-refractivity contribution is 0.116. The molecule has 0 aliphatic carbocycles. The number of alkyl halides is 2. The number of aromatic nitrogens is 5. The lowest BCUT2D eigenvalue weighted by atomic mass is 10.1. The molecule has 1 aliphatic rings. The van der Waals surface area contributed by atoms with Crippen molar-refractivity contribution in [3.63, 3.8) is 0 Å². The second-order valence-corrected chi connectivity index (χ2v) is 8.05. The van der Waals surface area contributed by atoms with E-state index in [-0.39, 0.29) is 17.6 Å². The van der Waals surface area contributed by atoms with Crippen molar-refractivity contribution < 1.29 is 13.2 Å². The third kappa shape index (κ3) is 3.70. The highest BCUT2D eigenvalue weighted by molar-refractivity contribution is 5.76. The summed E-state index contributed by atoms with van der Waals surface area (Å²) in [6.45, 7) is 2.22. The third-order valence-electron chi connectivity index (χ3n) is 5.94. The molecule has 0 atom stereocenters. The first kappa shape index (κ1) is 20.5. The quantitative estimate of drug-likeness (QED) is 0.473. The van der Waals surface area contributed by atoms with Crippen LogP contribution in [0, 0.1) is 0 Å². The van der Waals surface area contributed by atoms with E-state index in [1.165, 1.54) is 6.20 Å². The Kier molecular flexibility index (Phi) is 5.30. The van der Waals surface area contributed by atoms with Crippen molar-refractivity contribution in [2.45, 2.75) is 31.9 Å². The molecule has 1 aliphatic heterocycles. The predicted molar refractivity (Wildman–Crippen MR) is 114 cm³/mol. The van der Waals surface area contributed by atoms with E-state index in [4.69, 9.17) is 4.42 Å². The van der Waals surface area contributed by atoms with Gasteiger partial charge in [-0.05, 0) is 57.2 Å². The Morgan fingerprint density at radius 3 is 2.50 bits per heavy atom. The summed E-state index contributed by atoms with van der Waals surface area (Å²) in [5, 5.41) is 6.97. The molecule has 1 saturated heterocycles. The van der Waals surface area contributed by atoms with Gasteiger partial charge in [-0.2, -0.15) is 8.78 Å². The highest BCUT2D eigenvalue weighted by Crippen LogP contribution is 2.26. The minimum Gasteiger partial charge on any atom is -0.415 e. The molecule has 4 heterocycles. The molecule has 1 aromatic carbocycles. The van der Waals surface area contributed by atoms with Gasteiger partial charge in [0.05, 0.1) is 28.8 Å². The van der Waals surface area contributed by atoms with Gasteiger partial charge in [-0.3, -0.25) is 14.1 Å². The maximum atomic E-state index is 13.4. The summed E-state index contributed by atoms with van der Waals surface area (Å²) in [6.07, 6.45) is 0.529. The van der Waals surface area contributed by atoms with Crippen LogP contribution in [0.25, 0.3) is 22.5 Å². The largest absolute Gasteiger partial charge is 0.415 e. The monoisotopic (exact) mass is 440 g/mol. The second kappa shape index (κ2) is 8.27. The van der Waals surface area contributed by atoms with Gasteiger partial charge in [-0.25, -0.2) is 4.79 Å². The first-order valence-electron chi connectivity index (χ1n) is 10.5. The van der Waals surface area contributed by atoms with Crippen LogP contribution >= 0.6 is 0 Å². The number of para-hydroxylation sites is 2. The lowest BCUT2D eigenvalue weighted by Gasteiger charge is -2.29. The van der Waals surface area contributed by atoms with Gasteiger partial charge in [0.15, 0.2) is 0 Å². The SMILES string of the molecule is CN1CCC(n2c(=O)n(Cc3ccc(-c4nnc(C(F)F)o4)cn3)c3ccccc32)CC1. The van der Waals surface area contributed by atoms with E-state index in [1.807, 2.05) is 28.8 Å². The van der Waals surface area contributed by atoms with Crippen molar-refractivity contribution in [1.29, 1.82) is 0 Å². The van der Waals surface area contributed by atoms with Crippen LogP contribution in [0.3, 0.4) is 0 Å². The summed E-state index contributed by atoms with van der Waals surface area (Å²) in [5.41, 5.74) is 2.84. The Balaban J connectivity index is 1.45. The first-order chi connectivity index (χ1) is 15.5. The van der Waals surface area contributed by atoms with Gasteiger partial charge in [0.1, 0.15) is 0 Å². The van der Waals surface area contributed by atoms with E-state index in [9.17, 15) is 13.6 Å². The van der Waals surface area contributed by atoms with Gasteiger partial charge in [0.25, 0.3) is 5.89 Å². The highest BCUT2D eigenvalue weighted by Gasteiger charge is 2.24. The van der Waals surface area contributed by atoms with E-state index in [1.54, 1.807) is 16.7 Å². The summed E-state index contributed by atoms with van der Waals surface area (Å²) in [6, 6.07) is 11.4. The fourth-order valence-corrected chi connectivity index (χ4v) is 4.24. The Hall–Kier alpha value is -3.40. The topological polar surface area (TPSA) is 82.0 Å². The molecule has 0 amide bonds. The van der Waals surface area contributed by atoms with Crippen molar-refractivity contribution in [1.82, 2.24) is 29.2 Å².